The van der Waals surface area contributed by atoms with Crippen molar-refractivity contribution in [2.75, 3.05) is 13.7 Å². The molecule has 0 unspecified atom stereocenters. The molecule has 4 nitrogen and oxygen atoms in total. The Morgan fingerprint density at radius 3 is 2.36 bits per heavy atom. The first-order valence-electron chi connectivity index (χ1n) is 5.11. The first-order chi connectivity index (χ1) is 6.72. The van der Waals surface area contributed by atoms with E-state index in [1.165, 1.54) is 20.0 Å². The van der Waals surface area contributed by atoms with E-state index in [-0.39, 0.29) is 0 Å². The second-order valence-electron chi connectivity index (χ2n) is 4.12. The minimum Gasteiger partial charge on any atom is -0.462 e. The zero-order chi connectivity index (χ0) is 10.1. The maximum Gasteiger partial charge on any atom is 0.396 e. The summed E-state index contributed by atoms with van der Waals surface area (Å²) in [6, 6.07) is 0.308. The number of hydrogen-bond acceptors (Lipinski definition) is 3. The van der Waals surface area contributed by atoms with E-state index in [1.807, 2.05) is 0 Å². The molecule has 78 valence electrons. The van der Waals surface area contributed by atoms with Gasteiger partial charge in [-0.3, -0.25) is 4.79 Å². The van der Waals surface area contributed by atoms with Crippen LogP contribution >= 0.6 is 0 Å². The van der Waals surface area contributed by atoms with Crippen LogP contribution in [0, 0.1) is 5.92 Å². The van der Waals surface area contributed by atoms with E-state index < -0.39 is 11.9 Å². The summed E-state index contributed by atoms with van der Waals surface area (Å²) in [5.41, 5.74) is 0. The summed E-state index contributed by atoms with van der Waals surface area (Å²) in [5.74, 6) is -0.552. The highest BCUT2D eigenvalue weighted by Gasteiger charge is 2.39. The predicted molar refractivity (Wildman–Crippen MR) is 49.5 cm³/mol. The van der Waals surface area contributed by atoms with Gasteiger partial charge in [-0.1, -0.05) is 0 Å². The lowest BCUT2D eigenvalue weighted by Gasteiger charge is -2.20. The molecule has 2 fully saturated rings. The zero-order valence-corrected chi connectivity index (χ0v) is 8.36. The third kappa shape index (κ3) is 2.05. The molecule has 0 N–H and O–H groups in total. The van der Waals surface area contributed by atoms with E-state index in [9.17, 15) is 9.59 Å². The standard InChI is InChI=1S/C10H15NO3/c1-14-10(13)9(12)11(8-4-5-8)6-7-2-3-7/h7-8H,2-6H2,1H3. The Balaban J connectivity index is 1.93. The van der Waals surface area contributed by atoms with E-state index in [1.54, 1.807) is 4.90 Å². The number of carbonyl (C=O) groups is 2. The number of esters is 1. The lowest BCUT2D eigenvalue weighted by atomic mass is 10.3. The lowest BCUT2D eigenvalue weighted by molar-refractivity contribution is -0.158. The quantitative estimate of drug-likeness (QED) is 0.490. The molecule has 0 aromatic rings. The first-order valence-corrected chi connectivity index (χ1v) is 5.11. The number of amides is 1. The lowest BCUT2D eigenvalue weighted by Crippen LogP contribution is -2.40. The van der Waals surface area contributed by atoms with Crippen LogP contribution in [0.3, 0.4) is 0 Å². The number of ether oxygens (including phenoxy) is 1. The van der Waals surface area contributed by atoms with Crippen molar-refractivity contribution in [2.24, 2.45) is 5.92 Å². The number of nitrogens with zero attached hydrogens (tertiary/aromatic N) is 1. The van der Waals surface area contributed by atoms with Crippen molar-refractivity contribution in [1.29, 1.82) is 0 Å². The van der Waals surface area contributed by atoms with Gasteiger partial charge in [0.15, 0.2) is 0 Å². The van der Waals surface area contributed by atoms with Gasteiger partial charge in [0.25, 0.3) is 0 Å². The Hall–Kier alpha value is -1.06. The molecule has 0 bridgehead atoms. The fraction of sp³-hybridized carbons (Fsp3) is 0.800. The summed E-state index contributed by atoms with van der Waals surface area (Å²) in [4.78, 5) is 24.3. The summed E-state index contributed by atoms with van der Waals surface area (Å²) < 4.78 is 4.44. The van der Waals surface area contributed by atoms with Crippen LogP contribution in [-0.4, -0.2) is 36.5 Å². The maximum atomic E-state index is 11.6. The van der Waals surface area contributed by atoms with Gasteiger partial charge in [-0.05, 0) is 31.6 Å². The molecule has 0 aromatic carbocycles. The van der Waals surface area contributed by atoms with Crippen LogP contribution < -0.4 is 0 Å². The summed E-state index contributed by atoms with van der Waals surface area (Å²) in [6.45, 7) is 0.749. The van der Waals surface area contributed by atoms with Crippen LogP contribution in [-0.2, 0) is 14.3 Å². The molecule has 0 aliphatic heterocycles. The molecule has 0 saturated heterocycles. The van der Waals surface area contributed by atoms with E-state index in [0.29, 0.717) is 12.0 Å². The topological polar surface area (TPSA) is 46.6 Å². The molecule has 0 aromatic heterocycles. The minimum atomic E-state index is -0.724. The smallest absolute Gasteiger partial charge is 0.396 e. The van der Waals surface area contributed by atoms with Gasteiger partial charge >= 0.3 is 11.9 Å². The molecular weight excluding hydrogens is 182 g/mol. The third-order valence-corrected chi connectivity index (χ3v) is 2.76. The fourth-order valence-electron chi connectivity index (χ4n) is 1.57. The minimum absolute atomic E-state index is 0.308. The number of rotatable bonds is 3. The SMILES string of the molecule is COC(=O)C(=O)N(CC1CC1)C1CC1. The average molecular weight is 197 g/mol. The summed E-state index contributed by atoms with van der Waals surface area (Å²) >= 11 is 0. The molecule has 1 amide bonds. The Kier molecular flexibility index (Phi) is 2.44. The molecule has 0 spiro atoms. The van der Waals surface area contributed by atoms with Gasteiger partial charge in [-0.25, -0.2) is 4.79 Å². The second-order valence-corrected chi connectivity index (χ2v) is 4.12. The van der Waals surface area contributed by atoms with Gasteiger partial charge in [-0.15, -0.1) is 0 Å². The van der Waals surface area contributed by atoms with Gasteiger partial charge in [0.1, 0.15) is 0 Å². The van der Waals surface area contributed by atoms with E-state index in [2.05, 4.69) is 4.74 Å². The molecule has 2 rings (SSSR count). The highest BCUT2D eigenvalue weighted by atomic mass is 16.5. The third-order valence-electron chi connectivity index (χ3n) is 2.76. The monoisotopic (exact) mass is 197 g/mol. The summed E-state index contributed by atoms with van der Waals surface area (Å²) in [5, 5.41) is 0. The molecule has 0 atom stereocenters. The first kappa shape index (κ1) is 9.49. The van der Waals surface area contributed by atoms with Gasteiger partial charge in [0, 0.05) is 12.6 Å². The van der Waals surface area contributed by atoms with Crippen molar-refractivity contribution in [3.05, 3.63) is 0 Å². The molecule has 0 radical (unpaired) electrons. The van der Waals surface area contributed by atoms with Crippen molar-refractivity contribution in [3.8, 4) is 0 Å². The normalized spacial score (nSPS) is 20.4. The van der Waals surface area contributed by atoms with Gasteiger partial charge in [0.2, 0.25) is 0 Å². The second kappa shape index (κ2) is 3.59. The fourth-order valence-corrected chi connectivity index (χ4v) is 1.57. The van der Waals surface area contributed by atoms with Gasteiger partial charge in [-0.2, -0.15) is 0 Å². The molecule has 0 heterocycles. The van der Waals surface area contributed by atoms with Crippen LogP contribution in [0.1, 0.15) is 25.7 Å². The Morgan fingerprint density at radius 2 is 1.93 bits per heavy atom. The highest BCUT2D eigenvalue weighted by molar-refractivity contribution is 6.32. The summed E-state index contributed by atoms with van der Waals surface area (Å²) in [7, 11) is 1.25. The average Bonchev–Trinajstić information content (AvgIpc) is 3.02. The Labute approximate surface area is 83.2 Å². The van der Waals surface area contributed by atoms with Crippen molar-refractivity contribution in [1.82, 2.24) is 4.90 Å². The van der Waals surface area contributed by atoms with E-state index in [0.717, 1.165) is 19.4 Å². The molecule has 2 saturated carbocycles. The van der Waals surface area contributed by atoms with Crippen LogP contribution in [0.5, 0.6) is 0 Å². The molecule has 4 heteroatoms. The largest absolute Gasteiger partial charge is 0.462 e. The van der Waals surface area contributed by atoms with Crippen molar-refractivity contribution in [3.63, 3.8) is 0 Å². The maximum absolute atomic E-state index is 11.6. The van der Waals surface area contributed by atoms with Crippen LogP contribution in [0.4, 0.5) is 0 Å². The van der Waals surface area contributed by atoms with Gasteiger partial charge in [0.05, 0.1) is 7.11 Å². The van der Waals surface area contributed by atoms with E-state index >= 15 is 0 Å². The van der Waals surface area contributed by atoms with Crippen molar-refractivity contribution >= 4 is 11.9 Å². The Bertz CT molecular complexity index is 256. The predicted octanol–water partition coefficient (Wildman–Crippen LogP) is 0.560. The van der Waals surface area contributed by atoms with Crippen LogP contribution in [0.2, 0.25) is 0 Å². The zero-order valence-electron chi connectivity index (χ0n) is 8.36. The molecule has 2 aliphatic carbocycles. The van der Waals surface area contributed by atoms with Crippen LogP contribution in [0.15, 0.2) is 0 Å². The summed E-state index contributed by atoms with van der Waals surface area (Å²) in [6.07, 6.45) is 4.46. The number of methoxy groups -OCH3 is 1. The van der Waals surface area contributed by atoms with Gasteiger partial charge < -0.3 is 9.64 Å². The molecular formula is C10H15NO3. The number of hydrogen-bond donors (Lipinski definition) is 0. The molecule has 14 heavy (non-hydrogen) atoms. The molecule has 2 aliphatic rings. The highest BCUT2D eigenvalue weighted by Crippen LogP contribution is 2.34. The number of carbonyl (C=O) groups excluding carboxylic acids is 2. The van der Waals surface area contributed by atoms with Crippen molar-refractivity contribution in [2.45, 2.75) is 31.7 Å². The van der Waals surface area contributed by atoms with Crippen LogP contribution in [0.25, 0.3) is 0 Å². The van der Waals surface area contributed by atoms with E-state index in [4.69, 9.17) is 0 Å². The Morgan fingerprint density at radius 1 is 1.29 bits per heavy atom. The van der Waals surface area contributed by atoms with Crippen molar-refractivity contribution < 1.29 is 14.3 Å².